The van der Waals surface area contributed by atoms with Crippen molar-refractivity contribution in [1.82, 2.24) is 10.3 Å². The standard InChI is InChI=1S/C21H28N2O2/c1-17(23-16-21(24)11-3-2-4-12-21)19-7-9-20(10-8-19)25-15-18-6-5-13-22-14-18/h5-10,13-14,17,23-24H,2-4,11-12,15-16H2,1H3. The van der Waals surface area contributed by atoms with E-state index in [1.807, 2.05) is 30.5 Å². The summed E-state index contributed by atoms with van der Waals surface area (Å²) in [6.07, 6.45) is 8.91. The van der Waals surface area contributed by atoms with Crippen LogP contribution in [0.2, 0.25) is 0 Å². The molecule has 2 N–H and O–H groups in total. The molecule has 0 bridgehead atoms. The summed E-state index contributed by atoms with van der Waals surface area (Å²) in [6.45, 7) is 3.32. The number of nitrogens with zero attached hydrogens (tertiary/aromatic N) is 1. The Morgan fingerprint density at radius 1 is 1.16 bits per heavy atom. The maximum absolute atomic E-state index is 10.6. The van der Waals surface area contributed by atoms with Crippen molar-refractivity contribution in [2.75, 3.05) is 6.54 Å². The van der Waals surface area contributed by atoms with Gasteiger partial charge in [0.2, 0.25) is 0 Å². The molecule has 0 spiro atoms. The van der Waals surface area contributed by atoms with Crippen molar-refractivity contribution in [1.29, 1.82) is 0 Å². The summed E-state index contributed by atoms with van der Waals surface area (Å²) in [4.78, 5) is 4.09. The van der Waals surface area contributed by atoms with Crippen LogP contribution in [0.5, 0.6) is 5.75 Å². The molecule has 0 saturated heterocycles. The fourth-order valence-electron chi connectivity index (χ4n) is 3.35. The van der Waals surface area contributed by atoms with Crippen LogP contribution in [0.3, 0.4) is 0 Å². The first-order valence-corrected chi connectivity index (χ1v) is 9.22. The minimum absolute atomic E-state index is 0.207. The highest BCUT2D eigenvalue weighted by molar-refractivity contribution is 5.29. The molecule has 0 aliphatic heterocycles. The Morgan fingerprint density at radius 3 is 2.60 bits per heavy atom. The number of ether oxygens (including phenoxy) is 1. The lowest BCUT2D eigenvalue weighted by atomic mass is 9.84. The van der Waals surface area contributed by atoms with Crippen molar-refractivity contribution in [2.45, 2.75) is 57.3 Å². The smallest absolute Gasteiger partial charge is 0.119 e. The van der Waals surface area contributed by atoms with Crippen LogP contribution in [0, 0.1) is 0 Å². The third-order valence-electron chi connectivity index (χ3n) is 5.03. The number of aliphatic hydroxyl groups is 1. The predicted molar refractivity (Wildman–Crippen MR) is 99.5 cm³/mol. The van der Waals surface area contributed by atoms with Gasteiger partial charge in [0.1, 0.15) is 12.4 Å². The van der Waals surface area contributed by atoms with Crippen molar-refractivity contribution >= 4 is 0 Å². The number of pyridine rings is 1. The quantitative estimate of drug-likeness (QED) is 0.800. The van der Waals surface area contributed by atoms with Crippen molar-refractivity contribution in [3.63, 3.8) is 0 Å². The van der Waals surface area contributed by atoms with E-state index in [4.69, 9.17) is 4.74 Å². The molecule has 25 heavy (non-hydrogen) atoms. The van der Waals surface area contributed by atoms with Gasteiger partial charge in [-0.15, -0.1) is 0 Å². The second-order valence-corrected chi connectivity index (χ2v) is 7.11. The van der Waals surface area contributed by atoms with Gasteiger partial charge in [-0.25, -0.2) is 0 Å². The molecule has 2 aromatic rings. The van der Waals surface area contributed by atoms with Gasteiger partial charge in [-0.05, 0) is 43.5 Å². The summed E-state index contributed by atoms with van der Waals surface area (Å²) in [5, 5.41) is 14.1. The summed E-state index contributed by atoms with van der Waals surface area (Å²) in [5.41, 5.74) is 1.73. The van der Waals surface area contributed by atoms with Crippen LogP contribution in [0.15, 0.2) is 48.8 Å². The Bertz CT molecular complexity index is 637. The molecule has 1 aromatic heterocycles. The highest BCUT2D eigenvalue weighted by Gasteiger charge is 2.29. The largest absolute Gasteiger partial charge is 0.489 e. The molecule has 134 valence electrons. The van der Waals surface area contributed by atoms with E-state index in [0.717, 1.165) is 37.0 Å². The number of hydrogen-bond acceptors (Lipinski definition) is 4. The van der Waals surface area contributed by atoms with E-state index < -0.39 is 5.60 Å². The molecule has 4 heteroatoms. The molecule has 1 aliphatic carbocycles. The van der Waals surface area contributed by atoms with E-state index in [1.165, 1.54) is 12.0 Å². The van der Waals surface area contributed by atoms with E-state index in [1.54, 1.807) is 6.20 Å². The molecule has 3 rings (SSSR count). The number of hydrogen-bond donors (Lipinski definition) is 2. The van der Waals surface area contributed by atoms with Gasteiger partial charge in [0.15, 0.2) is 0 Å². The molecule has 4 nitrogen and oxygen atoms in total. The van der Waals surface area contributed by atoms with Gasteiger partial charge in [0, 0.05) is 30.5 Å². The maximum Gasteiger partial charge on any atom is 0.119 e. The van der Waals surface area contributed by atoms with Crippen molar-refractivity contribution in [2.24, 2.45) is 0 Å². The van der Waals surface area contributed by atoms with Crippen molar-refractivity contribution in [3.8, 4) is 5.75 Å². The third-order valence-corrected chi connectivity index (χ3v) is 5.03. The Kier molecular flexibility index (Phi) is 6.05. The summed E-state index contributed by atoms with van der Waals surface area (Å²) in [6, 6.07) is 12.3. The molecule has 1 aromatic carbocycles. The lowest BCUT2D eigenvalue weighted by Gasteiger charge is -2.33. The highest BCUT2D eigenvalue weighted by Crippen LogP contribution is 2.28. The maximum atomic E-state index is 10.6. The topological polar surface area (TPSA) is 54.4 Å². The van der Waals surface area contributed by atoms with Gasteiger partial charge in [0.25, 0.3) is 0 Å². The Labute approximate surface area is 150 Å². The average Bonchev–Trinajstić information content (AvgIpc) is 2.66. The number of benzene rings is 1. The zero-order chi connectivity index (χ0) is 17.5. The summed E-state index contributed by atoms with van der Waals surface area (Å²) >= 11 is 0. The number of aromatic nitrogens is 1. The van der Waals surface area contributed by atoms with Gasteiger partial charge in [-0.3, -0.25) is 4.98 Å². The minimum Gasteiger partial charge on any atom is -0.489 e. The van der Waals surface area contributed by atoms with Crippen molar-refractivity contribution < 1.29 is 9.84 Å². The molecule has 1 heterocycles. The molecule has 1 unspecified atom stereocenters. The highest BCUT2D eigenvalue weighted by atomic mass is 16.5. The molecule has 0 radical (unpaired) electrons. The van der Waals surface area contributed by atoms with Crippen LogP contribution in [0.4, 0.5) is 0 Å². The molecule has 1 aliphatic rings. The van der Waals surface area contributed by atoms with Crippen LogP contribution < -0.4 is 10.1 Å². The van der Waals surface area contributed by atoms with E-state index in [-0.39, 0.29) is 6.04 Å². The van der Waals surface area contributed by atoms with E-state index in [0.29, 0.717) is 13.2 Å². The molecule has 1 saturated carbocycles. The summed E-state index contributed by atoms with van der Waals surface area (Å²) < 4.78 is 5.80. The van der Waals surface area contributed by atoms with E-state index in [9.17, 15) is 5.11 Å². The Balaban J connectivity index is 1.49. The molecular weight excluding hydrogens is 312 g/mol. The third kappa shape index (κ3) is 5.28. The van der Waals surface area contributed by atoms with Crippen LogP contribution in [-0.2, 0) is 6.61 Å². The average molecular weight is 340 g/mol. The molecule has 1 atom stereocenters. The van der Waals surface area contributed by atoms with Gasteiger partial charge in [-0.1, -0.05) is 37.5 Å². The summed E-state index contributed by atoms with van der Waals surface area (Å²) in [7, 11) is 0. The van der Waals surface area contributed by atoms with Crippen LogP contribution in [0.1, 0.15) is 56.2 Å². The van der Waals surface area contributed by atoms with E-state index in [2.05, 4.69) is 29.4 Å². The Morgan fingerprint density at radius 2 is 1.92 bits per heavy atom. The first-order chi connectivity index (χ1) is 12.1. The summed E-state index contributed by atoms with van der Waals surface area (Å²) in [5.74, 6) is 0.853. The molecular formula is C21H28N2O2. The van der Waals surface area contributed by atoms with Crippen LogP contribution >= 0.6 is 0 Å². The first kappa shape index (κ1) is 17.9. The van der Waals surface area contributed by atoms with Crippen molar-refractivity contribution in [3.05, 3.63) is 59.9 Å². The number of rotatable bonds is 7. The monoisotopic (exact) mass is 340 g/mol. The number of nitrogens with one attached hydrogen (secondary N) is 1. The van der Waals surface area contributed by atoms with Gasteiger partial charge in [-0.2, -0.15) is 0 Å². The second-order valence-electron chi connectivity index (χ2n) is 7.11. The SMILES string of the molecule is CC(NCC1(O)CCCCC1)c1ccc(OCc2cccnc2)cc1. The Hall–Kier alpha value is -1.91. The first-order valence-electron chi connectivity index (χ1n) is 9.22. The second kappa shape index (κ2) is 8.45. The lowest BCUT2D eigenvalue weighted by molar-refractivity contribution is 0.00300. The lowest BCUT2D eigenvalue weighted by Crippen LogP contribution is -2.42. The van der Waals surface area contributed by atoms with Crippen LogP contribution in [0.25, 0.3) is 0 Å². The molecule has 1 fully saturated rings. The van der Waals surface area contributed by atoms with Gasteiger partial charge >= 0.3 is 0 Å². The zero-order valence-corrected chi connectivity index (χ0v) is 14.9. The fourth-order valence-corrected chi connectivity index (χ4v) is 3.35. The minimum atomic E-state index is -0.528. The van der Waals surface area contributed by atoms with Crippen LogP contribution in [-0.4, -0.2) is 22.2 Å². The van der Waals surface area contributed by atoms with E-state index >= 15 is 0 Å². The normalized spacial score (nSPS) is 17.8. The van der Waals surface area contributed by atoms with Gasteiger partial charge < -0.3 is 15.2 Å². The predicted octanol–water partition coefficient (Wildman–Crippen LogP) is 4.01. The zero-order valence-electron chi connectivity index (χ0n) is 14.9. The molecule has 0 amide bonds. The fraction of sp³-hybridized carbons (Fsp3) is 0.476. The van der Waals surface area contributed by atoms with Gasteiger partial charge in [0.05, 0.1) is 5.60 Å².